The second-order valence-electron chi connectivity index (χ2n) is 6.23. The first-order valence-electron chi connectivity index (χ1n) is 8.12. The Hall–Kier alpha value is -1.75. The van der Waals surface area contributed by atoms with Crippen molar-refractivity contribution in [1.82, 2.24) is 0 Å². The Balaban J connectivity index is 2.18. The van der Waals surface area contributed by atoms with Gasteiger partial charge in [-0.05, 0) is 30.7 Å². The largest absolute Gasteiger partial charge is 0.272 e. The summed E-state index contributed by atoms with van der Waals surface area (Å²) in [5.41, 5.74) is 2.29. The summed E-state index contributed by atoms with van der Waals surface area (Å²) in [4.78, 5) is 28.0. The second-order valence-corrected chi connectivity index (χ2v) is 8.66. The van der Waals surface area contributed by atoms with Crippen molar-refractivity contribution in [2.24, 2.45) is 0 Å². The van der Waals surface area contributed by atoms with Gasteiger partial charge in [-0.2, -0.15) is 0 Å². The first kappa shape index (κ1) is 19.0. The number of hydrogen-bond acceptors (Lipinski definition) is 3. The molecule has 26 heavy (non-hydrogen) atoms. The SMILES string of the molecule is Cc1ccccc1N1C(=O)C(SC(C)C)=C(c2ccc(Cl)cc2Cl)C1=O. The van der Waals surface area contributed by atoms with Gasteiger partial charge in [0.15, 0.2) is 0 Å². The van der Waals surface area contributed by atoms with Gasteiger partial charge in [-0.1, -0.05) is 61.3 Å². The number of aryl methyl sites for hydroxylation is 1. The molecule has 1 aliphatic rings. The van der Waals surface area contributed by atoms with Crippen LogP contribution in [-0.4, -0.2) is 17.1 Å². The van der Waals surface area contributed by atoms with Crippen molar-refractivity contribution in [3.63, 3.8) is 0 Å². The van der Waals surface area contributed by atoms with Gasteiger partial charge in [0.2, 0.25) is 0 Å². The first-order chi connectivity index (χ1) is 12.3. The van der Waals surface area contributed by atoms with E-state index in [0.717, 1.165) is 5.56 Å². The predicted octanol–water partition coefficient (Wildman–Crippen LogP) is 5.73. The zero-order valence-electron chi connectivity index (χ0n) is 14.5. The summed E-state index contributed by atoms with van der Waals surface area (Å²) in [5.74, 6) is -0.680. The van der Waals surface area contributed by atoms with Crippen LogP contribution in [0.5, 0.6) is 0 Å². The highest BCUT2D eigenvalue weighted by atomic mass is 35.5. The summed E-state index contributed by atoms with van der Waals surface area (Å²) >= 11 is 13.7. The predicted molar refractivity (Wildman–Crippen MR) is 110 cm³/mol. The molecule has 0 spiro atoms. The molecule has 3 rings (SSSR count). The van der Waals surface area contributed by atoms with Crippen molar-refractivity contribution in [3.05, 3.63) is 68.5 Å². The molecule has 0 atom stereocenters. The Morgan fingerprint density at radius 2 is 1.69 bits per heavy atom. The number of rotatable bonds is 4. The van der Waals surface area contributed by atoms with E-state index in [9.17, 15) is 9.59 Å². The zero-order valence-corrected chi connectivity index (χ0v) is 16.9. The minimum atomic E-state index is -0.364. The van der Waals surface area contributed by atoms with Crippen LogP contribution < -0.4 is 4.90 Å². The number of halogens is 2. The lowest BCUT2D eigenvalue weighted by molar-refractivity contribution is -0.119. The molecule has 1 heterocycles. The third-order valence-electron chi connectivity index (χ3n) is 3.95. The number of thioether (sulfide) groups is 1. The highest BCUT2D eigenvalue weighted by Crippen LogP contribution is 2.42. The molecule has 0 aromatic heterocycles. The Kier molecular flexibility index (Phi) is 5.47. The molecule has 134 valence electrons. The van der Waals surface area contributed by atoms with Gasteiger partial charge in [0.05, 0.1) is 21.2 Å². The first-order valence-corrected chi connectivity index (χ1v) is 9.75. The number of amides is 2. The minimum Gasteiger partial charge on any atom is -0.268 e. The standard InChI is InChI=1S/C20H17Cl2NO2S/c1-11(2)26-18-17(14-9-8-13(21)10-15(14)22)19(24)23(20(18)25)16-7-5-4-6-12(16)3/h4-11H,1-3H3. The molecule has 2 aromatic carbocycles. The molecule has 0 saturated carbocycles. The lowest BCUT2D eigenvalue weighted by Gasteiger charge is -2.17. The quantitative estimate of drug-likeness (QED) is 0.609. The molecule has 0 N–H and O–H groups in total. The van der Waals surface area contributed by atoms with Crippen LogP contribution in [0.15, 0.2) is 47.4 Å². The zero-order chi connectivity index (χ0) is 19.0. The molecule has 6 heteroatoms. The summed E-state index contributed by atoms with van der Waals surface area (Å²) in [6.07, 6.45) is 0. The molecule has 0 aliphatic carbocycles. The van der Waals surface area contributed by atoms with Gasteiger partial charge in [0.1, 0.15) is 0 Å². The summed E-state index contributed by atoms with van der Waals surface area (Å²) in [5, 5.41) is 0.965. The van der Waals surface area contributed by atoms with E-state index in [0.29, 0.717) is 31.8 Å². The van der Waals surface area contributed by atoms with Gasteiger partial charge in [-0.15, -0.1) is 11.8 Å². The molecule has 0 radical (unpaired) electrons. The molecule has 0 unspecified atom stereocenters. The fourth-order valence-corrected chi connectivity index (χ4v) is 4.30. The van der Waals surface area contributed by atoms with Crippen LogP contribution in [-0.2, 0) is 9.59 Å². The van der Waals surface area contributed by atoms with Crippen LogP contribution in [0, 0.1) is 6.92 Å². The van der Waals surface area contributed by atoms with E-state index < -0.39 is 0 Å². The minimum absolute atomic E-state index is 0.139. The van der Waals surface area contributed by atoms with Gasteiger partial charge in [0, 0.05) is 15.8 Å². The number of anilines is 1. The number of benzene rings is 2. The average Bonchev–Trinajstić information content (AvgIpc) is 2.79. The average molecular weight is 406 g/mol. The lowest BCUT2D eigenvalue weighted by atomic mass is 10.1. The van der Waals surface area contributed by atoms with Crippen molar-refractivity contribution in [2.75, 3.05) is 4.90 Å². The summed E-state index contributed by atoms with van der Waals surface area (Å²) < 4.78 is 0. The van der Waals surface area contributed by atoms with Crippen LogP contribution in [0.2, 0.25) is 10.0 Å². The summed E-state index contributed by atoms with van der Waals surface area (Å²) in [6.45, 7) is 5.83. The molecule has 2 aromatic rings. The molecule has 0 fully saturated rings. The molecule has 0 bridgehead atoms. The fraction of sp³-hybridized carbons (Fsp3) is 0.200. The lowest BCUT2D eigenvalue weighted by Crippen LogP contribution is -2.32. The van der Waals surface area contributed by atoms with Crippen LogP contribution >= 0.6 is 35.0 Å². The molecule has 0 saturated heterocycles. The van der Waals surface area contributed by atoms with E-state index in [1.54, 1.807) is 24.3 Å². The number of hydrogen-bond donors (Lipinski definition) is 0. The number of nitrogens with zero attached hydrogens (tertiary/aromatic N) is 1. The van der Waals surface area contributed by atoms with Gasteiger partial charge in [-0.3, -0.25) is 9.59 Å². The van der Waals surface area contributed by atoms with Gasteiger partial charge >= 0.3 is 0 Å². The van der Waals surface area contributed by atoms with E-state index in [1.807, 2.05) is 39.0 Å². The summed E-state index contributed by atoms with van der Waals surface area (Å²) in [6, 6.07) is 12.3. The van der Waals surface area contributed by atoms with Crippen molar-refractivity contribution in [2.45, 2.75) is 26.0 Å². The maximum atomic E-state index is 13.2. The molecular formula is C20H17Cl2NO2S. The fourth-order valence-electron chi connectivity index (χ4n) is 2.82. The maximum absolute atomic E-state index is 13.2. The topological polar surface area (TPSA) is 37.4 Å². The Morgan fingerprint density at radius 3 is 2.31 bits per heavy atom. The highest BCUT2D eigenvalue weighted by Gasteiger charge is 2.41. The van der Waals surface area contributed by atoms with Crippen LogP contribution in [0.25, 0.3) is 5.57 Å². The van der Waals surface area contributed by atoms with E-state index >= 15 is 0 Å². The highest BCUT2D eigenvalue weighted by molar-refractivity contribution is 8.04. The Morgan fingerprint density at radius 1 is 1.00 bits per heavy atom. The Bertz CT molecular complexity index is 937. The van der Waals surface area contributed by atoms with E-state index in [1.165, 1.54) is 16.7 Å². The van der Waals surface area contributed by atoms with Crippen molar-refractivity contribution in [1.29, 1.82) is 0 Å². The van der Waals surface area contributed by atoms with E-state index in [-0.39, 0.29) is 17.1 Å². The summed E-state index contributed by atoms with van der Waals surface area (Å²) in [7, 11) is 0. The third-order valence-corrected chi connectivity index (χ3v) is 5.59. The van der Waals surface area contributed by atoms with Crippen LogP contribution in [0.1, 0.15) is 25.0 Å². The molecular weight excluding hydrogens is 389 g/mol. The van der Waals surface area contributed by atoms with Gasteiger partial charge < -0.3 is 0 Å². The number of imide groups is 1. The Labute approximate surface area is 167 Å². The van der Waals surface area contributed by atoms with Crippen LogP contribution in [0.3, 0.4) is 0 Å². The molecule has 3 nitrogen and oxygen atoms in total. The van der Waals surface area contributed by atoms with Gasteiger partial charge in [0.25, 0.3) is 11.8 Å². The second kappa shape index (κ2) is 7.47. The van der Waals surface area contributed by atoms with Gasteiger partial charge in [-0.25, -0.2) is 4.90 Å². The van der Waals surface area contributed by atoms with E-state index in [2.05, 4.69) is 0 Å². The normalized spacial score (nSPS) is 14.8. The molecule has 2 amide bonds. The number of carbonyl (C=O) groups excluding carboxylic acids is 2. The van der Waals surface area contributed by atoms with Crippen molar-refractivity contribution < 1.29 is 9.59 Å². The molecule has 1 aliphatic heterocycles. The third kappa shape index (κ3) is 3.41. The van der Waals surface area contributed by atoms with E-state index in [4.69, 9.17) is 23.2 Å². The van der Waals surface area contributed by atoms with Crippen LogP contribution in [0.4, 0.5) is 5.69 Å². The van der Waals surface area contributed by atoms with Crippen molar-refractivity contribution >= 4 is 58.0 Å². The number of carbonyl (C=O) groups is 2. The van der Waals surface area contributed by atoms with Crippen molar-refractivity contribution in [3.8, 4) is 0 Å². The maximum Gasteiger partial charge on any atom is 0.272 e. The monoisotopic (exact) mass is 405 g/mol. The number of para-hydroxylation sites is 1. The smallest absolute Gasteiger partial charge is 0.268 e.